The van der Waals surface area contributed by atoms with Crippen LogP contribution in [0.25, 0.3) is 0 Å². The quantitative estimate of drug-likeness (QED) is 0.904. The second-order valence-electron chi connectivity index (χ2n) is 5.75. The van der Waals surface area contributed by atoms with Gasteiger partial charge in [-0.05, 0) is 32.3 Å². The van der Waals surface area contributed by atoms with Crippen LogP contribution >= 0.6 is 0 Å². The highest BCUT2D eigenvalue weighted by Crippen LogP contribution is 2.31. The molecule has 0 saturated carbocycles. The largest absolute Gasteiger partial charge is 0.339 e. The molecule has 1 heterocycles. The molecule has 2 rings (SSSR count). The van der Waals surface area contributed by atoms with Gasteiger partial charge < -0.3 is 10.6 Å². The summed E-state index contributed by atoms with van der Waals surface area (Å²) in [6.07, 6.45) is 2.41. The van der Waals surface area contributed by atoms with Crippen molar-refractivity contribution in [3.8, 4) is 0 Å². The Morgan fingerprint density at radius 3 is 2.74 bits per heavy atom. The van der Waals surface area contributed by atoms with Crippen molar-refractivity contribution in [3.05, 3.63) is 35.9 Å². The molecule has 1 amide bonds. The number of amides is 1. The third-order valence-corrected chi connectivity index (χ3v) is 3.98. The molecule has 3 atom stereocenters. The molecular formula is C16H24N2O. The Morgan fingerprint density at radius 2 is 2.11 bits per heavy atom. The molecule has 1 aliphatic heterocycles. The van der Waals surface area contributed by atoms with E-state index in [-0.39, 0.29) is 11.9 Å². The number of hydrogen-bond donors (Lipinski definition) is 1. The Kier molecular flexibility index (Phi) is 4.59. The lowest BCUT2D eigenvalue weighted by atomic mass is 9.97. The highest BCUT2D eigenvalue weighted by atomic mass is 16.2. The second-order valence-corrected chi connectivity index (χ2v) is 5.75. The Bertz CT molecular complexity index is 416. The van der Waals surface area contributed by atoms with E-state index in [4.69, 9.17) is 5.73 Å². The van der Waals surface area contributed by atoms with Crippen molar-refractivity contribution in [2.24, 2.45) is 5.73 Å². The third kappa shape index (κ3) is 3.57. The van der Waals surface area contributed by atoms with Crippen molar-refractivity contribution in [1.29, 1.82) is 0 Å². The highest BCUT2D eigenvalue weighted by molar-refractivity contribution is 5.77. The van der Waals surface area contributed by atoms with E-state index in [1.807, 2.05) is 17.9 Å². The Labute approximate surface area is 115 Å². The number of benzene rings is 1. The van der Waals surface area contributed by atoms with Gasteiger partial charge in [0.05, 0.1) is 0 Å². The van der Waals surface area contributed by atoms with Crippen molar-refractivity contribution in [3.63, 3.8) is 0 Å². The van der Waals surface area contributed by atoms with Crippen LogP contribution in [0, 0.1) is 0 Å². The summed E-state index contributed by atoms with van der Waals surface area (Å²) in [4.78, 5) is 14.2. The predicted molar refractivity (Wildman–Crippen MR) is 77.9 cm³/mol. The van der Waals surface area contributed by atoms with Gasteiger partial charge in [-0.25, -0.2) is 0 Å². The van der Waals surface area contributed by atoms with Gasteiger partial charge in [-0.2, -0.15) is 0 Å². The Morgan fingerprint density at radius 1 is 1.42 bits per heavy atom. The summed E-state index contributed by atoms with van der Waals surface area (Å²) in [6.45, 7) is 4.95. The van der Waals surface area contributed by atoms with Crippen LogP contribution in [0.15, 0.2) is 30.3 Å². The van der Waals surface area contributed by atoms with E-state index in [2.05, 4.69) is 31.2 Å². The van der Waals surface area contributed by atoms with Gasteiger partial charge >= 0.3 is 0 Å². The Hall–Kier alpha value is -1.35. The van der Waals surface area contributed by atoms with E-state index in [1.165, 1.54) is 5.56 Å². The topological polar surface area (TPSA) is 46.3 Å². The molecule has 1 fully saturated rings. The molecule has 2 N–H and O–H groups in total. The van der Waals surface area contributed by atoms with E-state index in [9.17, 15) is 4.79 Å². The van der Waals surface area contributed by atoms with Crippen LogP contribution in [-0.2, 0) is 4.79 Å². The summed E-state index contributed by atoms with van der Waals surface area (Å²) < 4.78 is 0. The maximum absolute atomic E-state index is 12.2. The standard InChI is InChI=1S/C16H24N2O/c1-12(17)8-9-16(19)18-11-15(10-13(18)2)14-6-4-3-5-7-14/h3-7,12-13,15H,8-11,17H2,1-2H3. The van der Waals surface area contributed by atoms with Gasteiger partial charge in [0.15, 0.2) is 0 Å². The zero-order chi connectivity index (χ0) is 13.8. The molecule has 104 valence electrons. The minimum absolute atomic E-state index is 0.103. The zero-order valence-corrected chi connectivity index (χ0v) is 11.9. The van der Waals surface area contributed by atoms with Crippen molar-refractivity contribution in [2.45, 2.75) is 51.1 Å². The fraction of sp³-hybridized carbons (Fsp3) is 0.562. The Balaban J connectivity index is 1.96. The van der Waals surface area contributed by atoms with Crippen molar-refractivity contribution < 1.29 is 4.79 Å². The molecule has 0 aliphatic carbocycles. The number of likely N-dealkylation sites (tertiary alicyclic amines) is 1. The molecular weight excluding hydrogens is 236 g/mol. The van der Waals surface area contributed by atoms with Crippen molar-refractivity contribution in [1.82, 2.24) is 4.90 Å². The molecule has 0 radical (unpaired) electrons. The molecule has 1 aromatic carbocycles. The lowest BCUT2D eigenvalue weighted by molar-refractivity contribution is -0.131. The first kappa shape index (κ1) is 14.1. The first-order valence-corrected chi connectivity index (χ1v) is 7.18. The number of rotatable bonds is 4. The molecule has 19 heavy (non-hydrogen) atoms. The predicted octanol–water partition coefficient (Wildman–Crippen LogP) is 2.52. The molecule has 1 aromatic rings. The summed E-state index contributed by atoms with van der Waals surface area (Å²) in [7, 11) is 0. The SMILES string of the molecule is CC(N)CCC(=O)N1CC(c2ccccc2)CC1C. The van der Waals surface area contributed by atoms with E-state index >= 15 is 0 Å². The fourth-order valence-corrected chi connectivity index (χ4v) is 2.84. The number of carbonyl (C=O) groups excluding carboxylic acids is 1. The van der Waals surface area contributed by atoms with E-state index in [0.717, 1.165) is 19.4 Å². The van der Waals surface area contributed by atoms with Crippen LogP contribution in [0.5, 0.6) is 0 Å². The molecule has 1 aliphatic rings. The molecule has 0 spiro atoms. The highest BCUT2D eigenvalue weighted by Gasteiger charge is 2.32. The molecule has 0 aromatic heterocycles. The lowest BCUT2D eigenvalue weighted by Gasteiger charge is -2.22. The first-order valence-electron chi connectivity index (χ1n) is 7.18. The van der Waals surface area contributed by atoms with Crippen molar-refractivity contribution >= 4 is 5.91 Å². The minimum atomic E-state index is 0.103. The maximum Gasteiger partial charge on any atom is 0.222 e. The zero-order valence-electron chi connectivity index (χ0n) is 11.9. The number of nitrogens with two attached hydrogens (primary N) is 1. The van der Waals surface area contributed by atoms with Crippen LogP contribution < -0.4 is 5.73 Å². The van der Waals surface area contributed by atoms with Crippen LogP contribution in [-0.4, -0.2) is 29.4 Å². The molecule has 3 nitrogen and oxygen atoms in total. The number of nitrogens with zero attached hydrogens (tertiary/aromatic N) is 1. The van der Waals surface area contributed by atoms with Gasteiger partial charge in [0.2, 0.25) is 5.91 Å². The summed E-state index contributed by atoms with van der Waals surface area (Å²) >= 11 is 0. The normalized spacial score (nSPS) is 24.5. The van der Waals surface area contributed by atoms with Crippen LogP contribution in [0.2, 0.25) is 0 Å². The van der Waals surface area contributed by atoms with Gasteiger partial charge in [0.25, 0.3) is 0 Å². The van der Waals surface area contributed by atoms with Gasteiger partial charge in [0, 0.05) is 31.0 Å². The van der Waals surface area contributed by atoms with E-state index in [1.54, 1.807) is 0 Å². The average Bonchev–Trinajstić information content (AvgIpc) is 2.79. The smallest absolute Gasteiger partial charge is 0.222 e. The summed E-state index contributed by atoms with van der Waals surface area (Å²) in [5, 5.41) is 0. The number of hydrogen-bond acceptors (Lipinski definition) is 2. The molecule has 0 bridgehead atoms. The number of carbonyl (C=O) groups is 1. The van der Waals surface area contributed by atoms with Crippen molar-refractivity contribution in [2.75, 3.05) is 6.54 Å². The van der Waals surface area contributed by atoms with Gasteiger partial charge in [-0.15, -0.1) is 0 Å². The maximum atomic E-state index is 12.2. The van der Waals surface area contributed by atoms with Crippen LogP contribution in [0.4, 0.5) is 0 Å². The summed E-state index contributed by atoms with van der Waals surface area (Å²) in [6, 6.07) is 10.9. The van der Waals surface area contributed by atoms with Crippen LogP contribution in [0.1, 0.15) is 44.6 Å². The minimum Gasteiger partial charge on any atom is -0.339 e. The third-order valence-electron chi connectivity index (χ3n) is 3.98. The first-order chi connectivity index (χ1) is 9.08. The summed E-state index contributed by atoms with van der Waals surface area (Å²) in [5.74, 6) is 0.735. The molecule has 1 saturated heterocycles. The second kappa shape index (κ2) is 6.20. The van der Waals surface area contributed by atoms with Crippen LogP contribution in [0.3, 0.4) is 0 Å². The fourth-order valence-electron chi connectivity index (χ4n) is 2.84. The van der Waals surface area contributed by atoms with E-state index in [0.29, 0.717) is 18.4 Å². The molecule has 3 heteroatoms. The van der Waals surface area contributed by atoms with Gasteiger partial charge in [0.1, 0.15) is 0 Å². The average molecular weight is 260 g/mol. The van der Waals surface area contributed by atoms with Gasteiger partial charge in [-0.3, -0.25) is 4.79 Å². The monoisotopic (exact) mass is 260 g/mol. The lowest BCUT2D eigenvalue weighted by Crippen LogP contribution is -2.34. The van der Waals surface area contributed by atoms with Gasteiger partial charge in [-0.1, -0.05) is 30.3 Å². The summed E-state index contributed by atoms with van der Waals surface area (Å²) in [5.41, 5.74) is 7.07. The van der Waals surface area contributed by atoms with E-state index < -0.39 is 0 Å². The molecule has 3 unspecified atom stereocenters.